The van der Waals surface area contributed by atoms with E-state index in [1.165, 1.54) is 6.21 Å². The van der Waals surface area contributed by atoms with Gasteiger partial charge in [0.1, 0.15) is 30.1 Å². The van der Waals surface area contributed by atoms with E-state index in [0.29, 0.717) is 47.9 Å². The maximum atomic E-state index is 9.92. The highest BCUT2D eigenvalue weighted by molar-refractivity contribution is 5.91. The number of rotatable bonds is 12. The summed E-state index contributed by atoms with van der Waals surface area (Å²) < 4.78 is 5.75. The predicted molar refractivity (Wildman–Crippen MR) is 129 cm³/mol. The molecule has 5 N–H and O–H groups in total. The molecule has 33 heavy (non-hydrogen) atoms. The van der Waals surface area contributed by atoms with Crippen molar-refractivity contribution in [2.45, 2.75) is 31.5 Å². The first-order valence-corrected chi connectivity index (χ1v) is 11.0. The van der Waals surface area contributed by atoms with Crippen LogP contribution in [0.1, 0.15) is 24.0 Å². The topological polar surface area (TPSA) is 128 Å². The number of aliphatic hydroxyl groups excluding tert-OH is 1. The Hall–Kier alpha value is -3.56. The molecule has 1 saturated carbocycles. The molecule has 0 radical (unpaired) electrons. The van der Waals surface area contributed by atoms with Gasteiger partial charge in [-0.3, -0.25) is 4.98 Å². The van der Waals surface area contributed by atoms with Crippen LogP contribution in [0, 0.1) is 5.41 Å². The van der Waals surface area contributed by atoms with Gasteiger partial charge in [-0.1, -0.05) is 18.2 Å². The number of benzene rings is 1. The molecule has 0 spiro atoms. The fourth-order valence-corrected chi connectivity index (χ4v) is 3.30. The van der Waals surface area contributed by atoms with Gasteiger partial charge in [-0.2, -0.15) is 0 Å². The van der Waals surface area contributed by atoms with Gasteiger partial charge < -0.3 is 31.2 Å². The summed E-state index contributed by atoms with van der Waals surface area (Å²) in [7, 11) is 1.78. The van der Waals surface area contributed by atoms with Gasteiger partial charge in [-0.15, -0.1) is 0 Å². The van der Waals surface area contributed by atoms with E-state index < -0.39 is 6.10 Å². The second-order valence-corrected chi connectivity index (χ2v) is 7.99. The van der Waals surface area contributed by atoms with Crippen molar-refractivity contribution >= 4 is 17.9 Å². The lowest BCUT2D eigenvalue weighted by Gasteiger charge is -2.16. The van der Waals surface area contributed by atoms with Gasteiger partial charge in [0, 0.05) is 43.3 Å². The van der Waals surface area contributed by atoms with Crippen molar-refractivity contribution in [3.63, 3.8) is 0 Å². The van der Waals surface area contributed by atoms with Crippen LogP contribution in [0.4, 0.5) is 11.6 Å². The molecular formula is C24H29N7O2. The lowest BCUT2D eigenvalue weighted by Crippen LogP contribution is -2.29. The van der Waals surface area contributed by atoms with Crippen LogP contribution in [0.2, 0.25) is 0 Å². The normalized spacial score (nSPS) is 13.9. The Kier molecular flexibility index (Phi) is 7.43. The van der Waals surface area contributed by atoms with Crippen LogP contribution in [-0.2, 0) is 6.54 Å². The summed E-state index contributed by atoms with van der Waals surface area (Å²) in [5.41, 5.74) is 2.42. The number of hydrogen-bond acceptors (Lipinski definition) is 9. The maximum Gasteiger partial charge on any atom is 0.164 e. The zero-order valence-corrected chi connectivity index (χ0v) is 18.6. The number of nitrogens with zero attached hydrogens (tertiary/aromatic N) is 3. The fourth-order valence-electron chi connectivity index (χ4n) is 3.30. The highest BCUT2D eigenvalue weighted by atomic mass is 16.5. The quantitative estimate of drug-likeness (QED) is 0.268. The molecule has 9 nitrogen and oxygen atoms in total. The molecule has 0 saturated heterocycles. The Balaban J connectivity index is 1.61. The smallest absolute Gasteiger partial charge is 0.164 e. The summed E-state index contributed by atoms with van der Waals surface area (Å²) in [5.74, 6) is 2.38. The van der Waals surface area contributed by atoms with Crippen molar-refractivity contribution in [3.8, 4) is 17.1 Å². The minimum atomic E-state index is -0.598. The minimum absolute atomic E-state index is 0.185. The molecule has 172 valence electrons. The Morgan fingerprint density at radius 2 is 2.06 bits per heavy atom. The third-order valence-electron chi connectivity index (χ3n) is 5.17. The van der Waals surface area contributed by atoms with Crippen LogP contribution in [-0.4, -0.2) is 58.6 Å². The van der Waals surface area contributed by atoms with Gasteiger partial charge in [0.05, 0.1) is 5.56 Å². The summed E-state index contributed by atoms with van der Waals surface area (Å²) in [4.78, 5) is 13.6. The monoisotopic (exact) mass is 447 g/mol. The molecule has 9 heteroatoms. The summed E-state index contributed by atoms with van der Waals surface area (Å²) >= 11 is 0. The van der Waals surface area contributed by atoms with Crippen molar-refractivity contribution in [1.29, 1.82) is 5.41 Å². The first-order valence-electron chi connectivity index (χ1n) is 11.0. The van der Waals surface area contributed by atoms with Crippen LogP contribution in [0.5, 0.6) is 5.75 Å². The van der Waals surface area contributed by atoms with Crippen LogP contribution in [0.15, 0.2) is 48.8 Å². The molecule has 2 heterocycles. The molecule has 1 aliphatic carbocycles. The Labute approximate surface area is 193 Å². The van der Waals surface area contributed by atoms with E-state index in [9.17, 15) is 5.11 Å². The zero-order chi connectivity index (χ0) is 23.0. The molecule has 4 rings (SSSR count). The number of ether oxygens (including phenoxy) is 1. The number of hydrogen-bond donors (Lipinski definition) is 5. The molecule has 0 amide bonds. The fraction of sp³-hybridized carbons (Fsp3) is 0.333. The molecule has 1 atom stereocenters. The molecule has 0 aliphatic heterocycles. The van der Waals surface area contributed by atoms with Crippen molar-refractivity contribution < 1.29 is 9.84 Å². The highest BCUT2D eigenvalue weighted by Gasteiger charge is 2.24. The highest BCUT2D eigenvalue weighted by Crippen LogP contribution is 2.31. The van der Waals surface area contributed by atoms with Crippen LogP contribution in [0.25, 0.3) is 11.4 Å². The third kappa shape index (κ3) is 6.24. The lowest BCUT2D eigenvalue weighted by molar-refractivity contribution is 0.108. The van der Waals surface area contributed by atoms with E-state index in [-0.39, 0.29) is 6.61 Å². The molecular weight excluding hydrogens is 418 g/mol. The van der Waals surface area contributed by atoms with Gasteiger partial charge in [0.2, 0.25) is 0 Å². The lowest BCUT2D eigenvalue weighted by atomic mass is 10.2. The number of aromatic nitrogens is 3. The van der Waals surface area contributed by atoms with E-state index >= 15 is 0 Å². The number of pyridine rings is 1. The maximum absolute atomic E-state index is 9.92. The standard InChI is InChI=1S/C24H29N7O2/c1-26-14-19(32)15-33-20-6-2-5-17(10-20)22-30-23(28-13-16-4-3-9-27-12-16)21(11-25)24(31-22)29-18-7-8-18/h2-6,9-12,18-19,25-26,32H,7-8,13-15H2,1H3,(H2,28,29,30,31). The summed E-state index contributed by atoms with van der Waals surface area (Å²) in [6.45, 7) is 1.17. The average molecular weight is 448 g/mol. The molecule has 1 fully saturated rings. The molecule has 1 unspecified atom stereocenters. The molecule has 1 aromatic carbocycles. The third-order valence-corrected chi connectivity index (χ3v) is 5.17. The minimum Gasteiger partial charge on any atom is -0.491 e. The van der Waals surface area contributed by atoms with E-state index in [2.05, 4.69) is 20.9 Å². The largest absolute Gasteiger partial charge is 0.491 e. The number of aliphatic hydroxyl groups is 1. The number of likely N-dealkylation sites (N-methyl/N-ethyl adjacent to an activating group) is 1. The van der Waals surface area contributed by atoms with Gasteiger partial charge in [-0.05, 0) is 43.7 Å². The van der Waals surface area contributed by atoms with Gasteiger partial charge in [0.15, 0.2) is 5.82 Å². The predicted octanol–water partition coefficient (Wildman–Crippen LogP) is 2.68. The second kappa shape index (κ2) is 10.8. The van der Waals surface area contributed by atoms with Gasteiger partial charge >= 0.3 is 0 Å². The molecule has 0 bridgehead atoms. The first-order chi connectivity index (χ1) is 16.2. The first kappa shape index (κ1) is 22.6. The van der Waals surface area contributed by atoms with E-state index in [1.807, 2.05) is 36.4 Å². The van der Waals surface area contributed by atoms with Crippen LogP contribution in [0.3, 0.4) is 0 Å². The van der Waals surface area contributed by atoms with Crippen molar-refractivity contribution in [2.75, 3.05) is 30.8 Å². The van der Waals surface area contributed by atoms with Crippen molar-refractivity contribution in [1.82, 2.24) is 20.3 Å². The average Bonchev–Trinajstić information content (AvgIpc) is 3.66. The summed E-state index contributed by atoms with van der Waals surface area (Å²) in [6.07, 6.45) is 6.40. The molecule has 2 aromatic heterocycles. The van der Waals surface area contributed by atoms with Crippen LogP contribution >= 0.6 is 0 Å². The van der Waals surface area contributed by atoms with Gasteiger partial charge in [0.25, 0.3) is 0 Å². The van der Waals surface area contributed by atoms with E-state index in [4.69, 9.17) is 20.1 Å². The number of anilines is 2. The van der Waals surface area contributed by atoms with Crippen molar-refractivity contribution in [3.05, 3.63) is 59.9 Å². The zero-order valence-electron chi connectivity index (χ0n) is 18.6. The Morgan fingerprint density at radius 3 is 2.79 bits per heavy atom. The van der Waals surface area contributed by atoms with Crippen molar-refractivity contribution in [2.24, 2.45) is 0 Å². The Morgan fingerprint density at radius 1 is 1.21 bits per heavy atom. The second-order valence-electron chi connectivity index (χ2n) is 7.99. The van der Waals surface area contributed by atoms with E-state index in [0.717, 1.165) is 24.0 Å². The van der Waals surface area contributed by atoms with Gasteiger partial charge in [-0.25, -0.2) is 9.97 Å². The summed E-state index contributed by atoms with van der Waals surface area (Å²) in [5, 5.41) is 27.6. The molecule has 3 aromatic rings. The van der Waals surface area contributed by atoms with E-state index in [1.54, 1.807) is 19.4 Å². The Bertz CT molecular complexity index is 1070. The SMILES string of the molecule is CNCC(O)COc1cccc(-c2nc(NCc3cccnc3)c(C=N)c(NC3CC3)n2)c1. The number of nitrogens with one attached hydrogen (secondary N) is 4. The molecule has 1 aliphatic rings. The van der Waals surface area contributed by atoms with Crippen LogP contribution < -0.4 is 20.7 Å². The summed E-state index contributed by atoms with van der Waals surface area (Å²) in [6, 6.07) is 11.7.